The van der Waals surface area contributed by atoms with Crippen LogP contribution in [0.2, 0.25) is 0 Å². The second-order valence-corrected chi connectivity index (χ2v) is 5.93. The molecule has 20 heavy (non-hydrogen) atoms. The molecule has 1 aromatic rings. The first-order valence-corrected chi connectivity index (χ1v) is 7.23. The van der Waals surface area contributed by atoms with Crippen LogP contribution in [-0.4, -0.2) is 49.3 Å². The molecule has 0 aliphatic carbocycles. The Morgan fingerprint density at radius 3 is 3.35 bits per heavy atom. The first-order chi connectivity index (χ1) is 9.70. The lowest BCUT2D eigenvalue weighted by Crippen LogP contribution is -2.56. The average Bonchev–Trinajstić information content (AvgIpc) is 2.46. The predicted molar refractivity (Wildman–Crippen MR) is 73.2 cm³/mol. The number of halogens is 1. The summed E-state index contributed by atoms with van der Waals surface area (Å²) in [6.07, 6.45) is 4.90. The van der Waals surface area contributed by atoms with Gasteiger partial charge >= 0.3 is 0 Å². The Hall–Kier alpha value is -1.20. The predicted octanol–water partition coefficient (Wildman–Crippen LogP) is 2.10. The third kappa shape index (κ3) is 2.65. The van der Waals surface area contributed by atoms with Crippen LogP contribution in [-0.2, 0) is 4.74 Å². The molecule has 2 fully saturated rings. The number of piperidine rings is 1. The molecular formula is C15H21FN2O2. The summed E-state index contributed by atoms with van der Waals surface area (Å²) in [5.41, 5.74) is -0.0325. The van der Waals surface area contributed by atoms with Crippen LogP contribution in [0.25, 0.3) is 0 Å². The third-order valence-electron chi connectivity index (χ3n) is 4.40. The van der Waals surface area contributed by atoms with E-state index in [1.165, 1.54) is 6.07 Å². The summed E-state index contributed by atoms with van der Waals surface area (Å²) in [4.78, 5) is 6.27. The first kappa shape index (κ1) is 13.8. The maximum atomic E-state index is 13.6. The molecular weight excluding hydrogens is 259 g/mol. The van der Waals surface area contributed by atoms with Crippen molar-refractivity contribution in [1.29, 1.82) is 0 Å². The molecule has 0 spiro atoms. The van der Waals surface area contributed by atoms with E-state index < -0.39 is 5.82 Å². The second-order valence-electron chi connectivity index (χ2n) is 5.93. The van der Waals surface area contributed by atoms with E-state index >= 15 is 0 Å². The van der Waals surface area contributed by atoms with Gasteiger partial charge in [-0.1, -0.05) is 0 Å². The number of pyridine rings is 1. The maximum absolute atomic E-state index is 13.6. The highest BCUT2D eigenvalue weighted by Gasteiger charge is 2.46. The molecule has 110 valence electrons. The highest BCUT2D eigenvalue weighted by molar-refractivity contribution is 5.13. The van der Waals surface area contributed by atoms with E-state index in [9.17, 15) is 4.39 Å². The van der Waals surface area contributed by atoms with Gasteiger partial charge in [-0.2, -0.15) is 0 Å². The fourth-order valence-corrected chi connectivity index (χ4v) is 3.41. The van der Waals surface area contributed by atoms with Gasteiger partial charge in [0.2, 0.25) is 5.88 Å². The number of nitrogens with zero attached hydrogens (tertiary/aromatic N) is 2. The van der Waals surface area contributed by atoms with Gasteiger partial charge < -0.3 is 14.4 Å². The number of ether oxygens (including phenoxy) is 2. The Labute approximate surface area is 118 Å². The van der Waals surface area contributed by atoms with Crippen LogP contribution in [0.3, 0.4) is 0 Å². The fraction of sp³-hybridized carbons (Fsp3) is 0.667. The summed E-state index contributed by atoms with van der Waals surface area (Å²) >= 11 is 0. The van der Waals surface area contributed by atoms with Gasteiger partial charge in [0.1, 0.15) is 0 Å². The molecule has 2 saturated heterocycles. The molecule has 0 radical (unpaired) electrons. The molecule has 0 saturated carbocycles. The zero-order chi connectivity index (χ0) is 14.0. The van der Waals surface area contributed by atoms with Crippen molar-refractivity contribution in [1.82, 2.24) is 9.88 Å². The lowest BCUT2D eigenvalue weighted by Gasteiger charge is -2.49. The smallest absolute Gasteiger partial charge is 0.250 e. The molecule has 5 heteroatoms. The normalized spacial score (nSPS) is 30.8. The van der Waals surface area contributed by atoms with E-state index in [-0.39, 0.29) is 17.4 Å². The molecule has 2 atom stereocenters. The van der Waals surface area contributed by atoms with Gasteiger partial charge in [0, 0.05) is 31.3 Å². The minimum atomic E-state index is -0.402. The number of hydrogen-bond donors (Lipinski definition) is 0. The van der Waals surface area contributed by atoms with Gasteiger partial charge in [-0.25, -0.2) is 9.37 Å². The van der Waals surface area contributed by atoms with E-state index in [4.69, 9.17) is 9.47 Å². The fourth-order valence-electron chi connectivity index (χ4n) is 3.41. The van der Waals surface area contributed by atoms with Crippen LogP contribution < -0.4 is 4.74 Å². The van der Waals surface area contributed by atoms with Crippen molar-refractivity contribution in [2.45, 2.75) is 25.4 Å². The van der Waals surface area contributed by atoms with Crippen LogP contribution in [0.15, 0.2) is 18.3 Å². The number of rotatable bonds is 3. The average molecular weight is 280 g/mol. The van der Waals surface area contributed by atoms with E-state index in [0.29, 0.717) is 6.61 Å². The summed E-state index contributed by atoms with van der Waals surface area (Å²) in [6.45, 7) is 3.28. The molecule has 1 aromatic heterocycles. The van der Waals surface area contributed by atoms with Gasteiger partial charge in [0.05, 0.1) is 12.7 Å². The van der Waals surface area contributed by atoms with Crippen LogP contribution in [0.1, 0.15) is 19.3 Å². The Balaban J connectivity index is 1.74. The van der Waals surface area contributed by atoms with Gasteiger partial charge in [0.25, 0.3) is 0 Å². The largest absolute Gasteiger partial charge is 0.475 e. The van der Waals surface area contributed by atoms with E-state index in [2.05, 4.69) is 16.9 Å². The Morgan fingerprint density at radius 1 is 1.60 bits per heavy atom. The molecule has 0 aromatic carbocycles. The Bertz CT molecular complexity index is 471. The summed E-state index contributed by atoms with van der Waals surface area (Å²) in [7, 11) is 2.12. The second kappa shape index (κ2) is 5.66. The standard InChI is InChI=1S/C15H21FN2O2/c1-18-8-5-13-15(10-18,6-3-9-19-13)11-20-14-12(16)4-2-7-17-14/h2,4,7,13H,3,5-6,8-11H2,1H3/t13-,15-/m0/s1. The SMILES string of the molecule is CN1CC[C@@H]2OCCC[C@@]2(COc2ncccc2F)C1. The van der Waals surface area contributed by atoms with Crippen molar-refractivity contribution in [2.24, 2.45) is 5.41 Å². The molecule has 0 N–H and O–H groups in total. The zero-order valence-electron chi connectivity index (χ0n) is 11.8. The third-order valence-corrected chi connectivity index (χ3v) is 4.40. The zero-order valence-corrected chi connectivity index (χ0v) is 11.8. The van der Waals surface area contributed by atoms with Crippen LogP contribution in [0.5, 0.6) is 5.88 Å². The van der Waals surface area contributed by atoms with Crippen molar-refractivity contribution < 1.29 is 13.9 Å². The number of hydrogen-bond acceptors (Lipinski definition) is 4. The molecule has 0 unspecified atom stereocenters. The molecule has 4 nitrogen and oxygen atoms in total. The minimum absolute atomic E-state index is 0.0325. The van der Waals surface area contributed by atoms with E-state index in [1.54, 1.807) is 12.3 Å². The van der Waals surface area contributed by atoms with Crippen LogP contribution in [0, 0.1) is 11.2 Å². The summed E-state index contributed by atoms with van der Waals surface area (Å²) < 4.78 is 25.2. The Kier molecular flexibility index (Phi) is 3.89. The molecule has 3 rings (SSSR count). The topological polar surface area (TPSA) is 34.6 Å². The minimum Gasteiger partial charge on any atom is -0.475 e. The van der Waals surface area contributed by atoms with Crippen molar-refractivity contribution >= 4 is 0 Å². The van der Waals surface area contributed by atoms with Crippen molar-refractivity contribution in [2.75, 3.05) is 33.4 Å². The van der Waals surface area contributed by atoms with E-state index in [0.717, 1.165) is 39.0 Å². The van der Waals surface area contributed by atoms with Gasteiger partial charge in [-0.3, -0.25) is 0 Å². The number of likely N-dealkylation sites (tertiary alicyclic amines) is 1. The number of fused-ring (bicyclic) bond motifs is 1. The highest BCUT2D eigenvalue weighted by atomic mass is 19.1. The summed E-state index contributed by atoms with van der Waals surface area (Å²) in [6, 6.07) is 2.95. The molecule has 0 amide bonds. The van der Waals surface area contributed by atoms with Crippen molar-refractivity contribution in [3.8, 4) is 5.88 Å². The van der Waals surface area contributed by atoms with Gasteiger partial charge in [0.15, 0.2) is 5.82 Å². The summed E-state index contributed by atoms with van der Waals surface area (Å²) in [5, 5.41) is 0. The quantitative estimate of drug-likeness (QED) is 0.849. The molecule has 3 heterocycles. The lowest BCUT2D eigenvalue weighted by atomic mass is 9.73. The summed E-state index contributed by atoms with van der Waals surface area (Å²) in [5.74, 6) is -0.305. The van der Waals surface area contributed by atoms with Crippen LogP contribution in [0.4, 0.5) is 4.39 Å². The van der Waals surface area contributed by atoms with Crippen molar-refractivity contribution in [3.05, 3.63) is 24.1 Å². The van der Waals surface area contributed by atoms with Gasteiger partial charge in [-0.15, -0.1) is 0 Å². The molecule has 2 aliphatic heterocycles. The van der Waals surface area contributed by atoms with E-state index in [1.807, 2.05) is 0 Å². The number of aromatic nitrogens is 1. The highest BCUT2D eigenvalue weighted by Crippen LogP contribution is 2.40. The van der Waals surface area contributed by atoms with Crippen molar-refractivity contribution in [3.63, 3.8) is 0 Å². The monoisotopic (exact) mass is 280 g/mol. The Morgan fingerprint density at radius 2 is 2.50 bits per heavy atom. The maximum Gasteiger partial charge on any atom is 0.250 e. The molecule has 2 aliphatic rings. The van der Waals surface area contributed by atoms with Gasteiger partial charge in [-0.05, 0) is 38.4 Å². The lowest BCUT2D eigenvalue weighted by molar-refractivity contribution is -0.136. The van der Waals surface area contributed by atoms with Crippen LogP contribution >= 0.6 is 0 Å². The first-order valence-electron chi connectivity index (χ1n) is 7.23. The molecule has 0 bridgehead atoms.